The summed E-state index contributed by atoms with van der Waals surface area (Å²) in [6.45, 7) is 4.25. The minimum absolute atomic E-state index is 0.236. The number of ether oxygens (including phenoxy) is 1. The lowest BCUT2D eigenvalue weighted by Crippen LogP contribution is -2.38. The monoisotopic (exact) mass is 181 g/mol. The molecule has 1 aromatic rings. The molecule has 3 N–H and O–H groups in total. The lowest BCUT2D eigenvalue weighted by Gasteiger charge is -2.18. The minimum atomic E-state index is -0.335. The van der Waals surface area contributed by atoms with Crippen LogP contribution in [0.15, 0.2) is 24.3 Å². The molecule has 0 atom stereocenters. The van der Waals surface area contributed by atoms with Crippen LogP contribution in [-0.2, 0) is 0 Å². The molecule has 0 saturated heterocycles. The molecule has 0 unspecified atom stereocenters. The van der Waals surface area contributed by atoms with Crippen molar-refractivity contribution in [2.24, 2.45) is 5.73 Å². The molecule has 0 amide bonds. The third kappa shape index (κ3) is 3.80. The van der Waals surface area contributed by atoms with E-state index in [1.807, 2.05) is 13.8 Å². The first-order chi connectivity index (χ1) is 5.97. The average molecular weight is 181 g/mol. The Hall–Kier alpha value is -1.22. The van der Waals surface area contributed by atoms with Crippen molar-refractivity contribution in [3.05, 3.63) is 24.3 Å². The molecule has 0 aliphatic carbocycles. The average Bonchev–Trinajstić information content (AvgIpc) is 2.02. The van der Waals surface area contributed by atoms with E-state index >= 15 is 0 Å². The summed E-state index contributed by atoms with van der Waals surface area (Å²) in [5.74, 6) is 0.954. The molecule has 0 radical (unpaired) electrons. The summed E-state index contributed by atoms with van der Waals surface area (Å²) >= 11 is 0. The minimum Gasteiger partial charge on any atom is -0.508 e. The largest absolute Gasteiger partial charge is 0.508 e. The number of hydrogen-bond acceptors (Lipinski definition) is 3. The number of phenolic OH excluding ortho intramolecular Hbond substituents is 1. The van der Waals surface area contributed by atoms with Gasteiger partial charge < -0.3 is 15.6 Å². The highest BCUT2D eigenvalue weighted by molar-refractivity contribution is 5.30. The van der Waals surface area contributed by atoms with Gasteiger partial charge in [0.25, 0.3) is 0 Å². The Balaban J connectivity index is 2.51. The molecule has 72 valence electrons. The number of phenols is 1. The fourth-order valence-electron chi connectivity index (χ4n) is 0.812. The molecular formula is C10H15NO2. The van der Waals surface area contributed by atoms with Crippen LogP contribution in [0.3, 0.4) is 0 Å². The highest BCUT2D eigenvalue weighted by Gasteiger charge is 2.10. The summed E-state index contributed by atoms with van der Waals surface area (Å²) in [4.78, 5) is 0. The van der Waals surface area contributed by atoms with Crippen LogP contribution in [0.1, 0.15) is 13.8 Å². The number of benzene rings is 1. The predicted octanol–water partition coefficient (Wildman–Crippen LogP) is 1.51. The van der Waals surface area contributed by atoms with Gasteiger partial charge in [-0.25, -0.2) is 0 Å². The molecular weight excluding hydrogens is 166 g/mol. The molecule has 1 rings (SSSR count). The molecule has 3 nitrogen and oxygen atoms in total. The first-order valence-corrected chi connectivity index (χ1v) is 4.18. The molecule has 13 heavy (non-hydrogen) atoms. The first kappa shape index (κ1) is 9.86. The van der Waals surface area contributed by atoms with E-state index in [4.69, 9.17) is 15.6 Å². The van der Waals surface area contributed by atoms with E-state index in [1.165, 1.54) is 0 Å². The highest BCUT2D eigenvalue weighted by atomic mass is 16.5. The molecule has 0 fully saturated rings. The van der Waals surface area contributed by atoms with Gasteiger partial charge in [0.15, 0.2) is 0 Å². The Morgan fingerprint density at radius 2 is 1.85 bits per heavy atom. The van der Waals surface area contributed by atoms with Crippen LogP contribution in [0.4, 0.5) is 0 Å². The number of nitrogens with two attached hydrogens (primary N) is 1. The Morgan fingerprint density at radius 3 is 2.31 bits per heavy atom. The molecule has 0 heterocycles. The van der Waals surface area contributed by atoms with Crippen LogP contribution in [0.25, 0.3) is 0 Å². The standard InChI is InChI=1S/C10H15NO2/c1-10(2,11)7-13-9-5-3-8(12)4-6-9/h3-6,12H,7,11H2,1-2H3. The molecule has 0 aliphatic heterocycles. The zero-order chi connectivity index (χ0) is 9.90. The third-order valence-corrected chi connectivity index (χ3v) is 1.45. The number of hydrogen-bond donors (Lipinski definition) is 2. The second-order valence-electron chi connectivity index (χ2n) is 3.77. The van der Waals surface area contributed by atoms with Crippen LogP contribution in [0, 0.1) is 0 Å². The van der Waals surface area contributed by atoms with Gasteiger partial charge in [0, 0.05) is 5.54 Å². The van der Waals surface area contributed by atoms with Crippen molar-refractivity contribution in [1.82, 2.24) is 0 Å². The maximum atomic E-state index is 9.00. The molecule has 0 aromatic heterocycles. The van der Waals surface area contributed by atoms with Crippen molar-refractivity contribution >= 4 is 0 Å². The van der Waals surface area contributed by atoms with E-state index in [0.717, 1.165) is 5.75 Å². The summed E-state index contributed by atoms with van der Waals surface area (Å²) in [5, 5.41) is 9.00. The second kappa shape index (κ2) is 3.66. The van der Waals surface area contributed by atoms with E-state index in [-0.39, 0.29) is 11.3 Å². The van der Waals surface area contributed by atoms with Crippen molar-refractivity contribution < 1.29 is 9.84 Å². The Bertz CT molecular complexity index is 261. The Kier molecular flexibility index (Phi) is 2.78. The van der Waals surface area contributed by atoms with Crippen LogP contribution < -0.4 is 10.5 Å². The highest BCUT2D eigenvalue weighted by Crippen LogP contribution is 2.16. The SMILES string of the molecule is CC(C)(N)COc1ccc(O)cc1. The summed E-state index contributed by atoms with van der Waals surface area (Å²) in [5.41, 5.74) is 5.40. The van der Waals surface area contributed by atoms with Crippen LogP contribution in [0.2, 0.25) is 0 Å². The quantitative estimate of drug-likeness (QED) is 0.743. The summed E-state index contributed by atoms with van der Waals surface area (Å²) in [6, 6.07) is 6.58. The van der Waals surface area contributed by atoms with Gasteiger partial charge in [0.2, 0.25) is 0 Å². The normalized spacial score (nSPS) is 11.3. The Labute approximate surface area is 78.1 Å². The molecule has 0 bridgehead atoms. The van der Waals surface area contributed by atoms with Gasteiger partial charge in [-0.1, -0.05) is 0 Å². The third-order valence-electron chi connectivity index (χ3n) is 1.45. The van der Waals surface area contributed by atoms with Gasteiger partial charge in [-0.05, 0) is 38.1 Å². The van der Waals surface area contributed by atoms with Gasteiger partial charge in [-0.3, -0.25) is 0 Å². The van der Waals surface area contributed by atoms with Crippen molar-refractivity contribution in [1.29, 1.82) is 0 Å². The van der Waals surface area contributed by atoms with Crippen LogP contribution >= 0.6 is 0 Å². The first-order valence-electron chi connectivity index (χ1n) is 4.18. The maximum absolute atomic E-state index is 9.00. The van der Waals surface area contributed by atoms with E-state index in [1.54, 1.807) is 24.3 Å². The zero-order valence-corrected chi connectivity index (χ0v) is 7.95. The van der Waals surface area contributed by atoms with Gasteiger partial charge in [0.05, 0.1) is 0 Å². The molecule has 3 heteroatoms. The van der Waals surface area contributed by atoms with Gasteiger partial charge in [-0.2, -0.15) is 0 Å². The topological polar surface area (TPSA) is 55.5 Å². The number of rotatable bonds is 3. The fourth-order valence-corrected chi connectivity index (χ4v) is 0.812. The van der Waals surface area contributed by atoms with Gasteiger partial charge >= 0.3 is 0 Å². The van der Waals surface area contributed by atoms with E-state index in [2.05, 4.69) is 0 Å². The van der Waals surface area contributed by atoms with Gasteiger partial charge in [-0.15, -0.1) is 0 Å². The number of aromatic hydroxyl groups is 1. The smallest absolute Gasteiger partial charge is 0.119 e. The fraction of sp³-hybridized carbons (Fsp3) is 0.400. The van der Waals surface area contributed by atoms with E-state index in [9.17, 15) is 0 Å². The van der Waals surface area contributed by atoms with Crippen molar-refractivity contribution in [2.45, 2.75) is 19.4 Å². The second-order valence-corrected chi connectivity index (χ2v) is 3.77. The lowest BCUT2D eigenvalue weighted by molar-refractivity contribution is 0.243. The van der Waals surface area contributed by atoms with Crippen molar-refractivity contribution in [3.8, 4) is 11.5 Å². The molecule has 0 aliphatic rings. The summed E-state index contributed by atoms with van der Waals surface area (Å²) in [6.07, 6.45) is 0. The van der Waals surface area contributed by atoms with Gasteiger partial charge in [0.1, 0.15) is 18.1 Å². The van der Waals surface area contributed by atoms with Crippen LogP contribution in [0.5, 0.6) is 11.5 Å². The van der Waals surface area contributed by atoms with Crippen molar-refractivity contribution in [2.75, 3.05) is 6.61 Å². The molecule has 0 spiro atoms. The summed E-state index contributed by atoms with van der Waals surface area (Å²) in [7, 11) is 0. The van der Waals surface area contributed by atoms with Crippen LogP contribution in [-0.4, -0.2) is 17.3 Å². The lowest BCUT2D eigenvalue weighted by atomic mass is 10.1. The molecule has 1 aromatic carbocycles. The van der Waals surface area contributed by atoms with Crippen molar-refractivity contribution in [3.63, 3.8) is 0 Å². The predicted molar refractivity (Wildman–Crippen MR) is 51.9 cm³/mol. The zero-order valence-electron chi connectivity index (χ0n) is 7.95. The Morgan fingerprint density at radius 1 is 1.31 bits per heavy atom. The molecule has 0 saturated carbocycles. The maximum Gasteiger partial charge on any atom is 0.119 e. The van der Waals surface area contributed by atoms with E-state index < -0.39 is 0 Å². The summed E-state index contributed by atoms with van der Waals surface area (Å²) < 4.78 is 5.39. The van der Waals surface area contributed by atoms with E-state index in [0.29, 0.717) is 6.61 Å².